The molecule has 384 valence electrons. The molecule has 1 aliphatic heterocycles. The third-order valence-electron chi connectivity index (χ3n) is 11.4. The number of likely N-dealkylation sites (N-methyl/N-ethyl adjacent to an activating group) is 1. The van der Waals surface area contributed by atoms with Crippen molar-refractivity contribution in [2.45, 2.75) is 107 Å². The Labute approximate surface area is 416 Å². The van der Waals surface area contributed by atoms with Crippen molar-refractivity contribution in [1.82, 2.24) is 24.1 Å². The molecule has 1 heterocycles. The van der Waals surface area contributed by atoms with E-state index >= 15 is 0 Å². The van der Waals surface area contributed by atoms with Crippen LogP contribution in [0.15, 0.2) is 107 Å². The summed E-state index contributed by atoms with van der Waals surface area (Å²) in [6.45, 7) is 11.2. The number of aryl methyl sites for hydroxylation is 2. The van der Waals surface area contributed by atoms with Crippen molar-refractivity contribution in [2.24, 2.45) is 5.73 Å². The van der Waals surface area contributed by atoms with Gasteiger partial charge in [0, 0.05) is 37.7 Å². The molecule has 4 aromatic rings. The lowest BCUT2D eigenvalue weighted by atomic mass is 10.0. The van der Waals surface area contributed by atoms with Crippen LogP contribution in [0.4, 0.5) is 0 Å². The fraction of sp³-hybridized carbons (Fsp3) is 0.400. The van der Waals surface area contributed by atoms with Crippen LogP contribution in [0, 0.1) is 19.3 Å². The number of carbonyl (C=O) groups is 5. The lowest BCUT2D eigenvalue weighted by molar-refractivity contribution is -0.145. The van der Waals surface area contributed by atoms with Gasteiger partial charge in [-0.3, -0.25) is 24.6 Å². The topological polar surface area (TPSA) is 276 Å². The minimum Gasteiger partial charge on any atom is -0.484 e. The molecular weight excluding hydrogens is 955 g/mol. The molecule has 21 heteroatoms. The Morgan fingerprint density at radius 3 is 1.85 bits per heavy atom. The number of sulfonamides is 2. The van der Waals surface area contributed by atoms with E-state index in [2.05, 4.69) is 10.6 Å². The number of carboxylic acids is 1. The second-order valence-corrected chi connectivity index (χ2v) is 21.6. The first-order valence-corrected chi connectivity index (χ1v) is 25.7. The molecule has 19 nitrogen and oxygen atoms in total. The van der Waals surface area contributed by atoms with Gasteiger partial charge in [0.2, 0.25) is 31.9 Å². The fourth-order valence-corrected chi connectivity index (χ4v) is 10.4. The smallest absolute Gasteiger partial charge is 0.328 e. The number of esters is 1. The van der Waals surface area contributed by atoms with Crippen molar-refractivity contribution in [3.63, 3.8) is 0 Å². The second-order valence-electron chi connectivity index (χ2n) is 17.6. The second kappa shape index (κ2) is 25.6. The number of amides is 3. The number of nitrogens with zero attached hydrogens (tertiary/aromatic N) is 3. The highest BCUT2D eigenvalue weighted by Crippen LogP contribution is 2.27. The number of benzene rings is 4. The molecule has 5 rings (SSSR count). The third-order valence-corrected chi connectivity index (χ3v) is 15.2. The predicted molar refractivity (Wildman–Crippen MR) is 267 cm³/mol. The number of rotatable bonds is 20. The summed E-state index contributed by atoms with van der Waals surface area (Å²) < 4.78 is 64.4. The lowest BCUT2D eigenvalue weighted by Crippen LogP contribution is -2.51. The van der Waals surface area contributed by atoms with Gasteiger partial charge in [-0.25, -0.2) is 21.6 Å². The summed E-state index contributed by atoms with van der Waals surface area (Å²) in [7, 11) is -5.20. The summed E-state index contributed by atoms with van der Waals surface area (Å²) in [6.07, 6.45) is 1.14. The van der Waals surface area contributed by atoms with Gasteiger partial charge in [-0.15, -0.1) is 0 Å². The maximum Gasteiger partial charge on any atom is 0.328 e. The van der Waals surface area contributed by atoms with Crippen LogP contribution in [0.5, 0.6) is 5.75 Å². The van der Waals surface area contributed by atoms with Crippen LogP contribution in [0.1, 0.15) is 68.4 Å². The number of ether oxygens (including phenoxy) is 2. The van der Waals surface area contributed by atoms with Crippen molar-refractivity contribution < 1.29 is 55.4 Å². The molecule has 0 unspecified atom stereocenters. The van der Waals surface area contributed by atoms with Crippen LogP contribution in [0.3, 0.4) is 0 Å². The first-order chi connectivity index (χ1) is 33.3. The van der Waals surface area contributed by atoms with Crippen LogP contribution in [-0.2, 0) is 61.6 Å². The molecule has 0 saturated carbocycles. The van der Waals surface area contributed by atoms with E-state index in [0.717, 1.165) is 21.0 Å². The molecule has 71 heavy (non-hydrogen) atoms. The van der Waals surface area contributed by atoms with Crippen molar-refractivity contribution in [3.05, 3.63) is 125 Å². The summed E-state index contributed by atoms with van der Waals surface area (Å²) in [5, 5.41) is 21.9. The van der Waals surface area contributed by atoms with E-state index in [1.165, 1.54) is 42.7 Å². The van der Waals surface area contributed by atoms with Crippen LogP contribution in [0.25, 0.3) is 0 Å². The molecule has 0 radical (unpaired) electrons. The molecule has 0 aromatic heterocycles. The van der Waals surface area contributed by atoms with Gasteiger partial charge in [-0.2, -0.15) is 8.61 Å². The highest BCUT2D eigenvalue weighted by atomic mass is 32.2. The van der Waals surface area contributed by atoms with E-state index in [1.54, 1.807) is 77.7 Å². The molecule has 6 N–H and O–H groups in total. The number of aliphatic carboxylic acids is 1. The van der Waals surface area contributed by atoms with E-state index in [1.807, 2.05) is 41.5 Å². The van der Waals surface area contributed by atoms with Crippen LogP contribution >= 0.6 is 0 Å². The maximum atomic E-state index is 13.3. The third kappa shape index (κ3) is 16.0. The van der Waals surface area contributed by atoms with Gasteiger partial charge in [0.25, 0.3) is 5.91 Å². The first kappa shape index (κ1) is 57.1. The first-order valence-electron chi connectivity index (χ1n) is 22.8. The number of nitrogens with one attached hydrogen (secondary N) is 3. The monoisotopic (exact) mass is 1020 g/mol. The number of hydrogen-bond acceptors (Lipinski definition) is 13. The molecule has 1 saturated heterocycles. The summed E-state index contributed by atoms with van der Waals surface area (Å²) in [6, 6.07) is 23.1. The van der Waals surface area contributed by atoms with Gasteiger partial charge in [0.1, 0.15) is 29.7 Å². The van der Waals surface area contributed by atoms with Crippen molar-refractivity contribution in [1.29, 1.82) is 5.41 Å². The Balaban J connectivity index is 0.000000324. The van der Waals surface area contributed by atoms with E-state index in [-0.39, 0.29) is 59.6 Å². The molecule has 3 atom stereocenters. The molecule has 0 spiro atoms. The molecule has 3 amide bonds. The predicted octanol–water partition coefficient (Wildman–Crippen LogP) is 3.78. The Hall–Kier alpha value is -6.52. The van der Waals surface area contributed by atoms with Crippen molar-refractivity contribution in [3.8, 4) is 5.75 Å². The number of amidine groups is 1. The van der Waals surface area contributed by atoms with Crippen LogP contribution in [0.2, 0.25) is 0 Å². The average molecular weight is 1020 g/mol. The van der Waals surface area contributed by atoms with E-state index in [9.17, 15) is 40.8 Å². The number of methoxy groups -OCH3 is 1. The number of carboxylic acid groups (broad SMARTS) is 1. The van der Waals surface area contributed by atoms with Crippen molar-refractivity contribution in [2.75, 3.05) is 33.9 Å². The standard InChI is InChI=1S/C30H41N3O7S.C20H24N4O5S/c1-20(2)33(21(3)4)28(34)19-40-24-13-11-23(12-14-24)18-26(30(36)39-6)31-29(35)27-8-7-17-32(27)41(37,38)25-15-9-22(5)10-16-25;1-13-3-9-16(10-4-13)30(28,29)24(2)12-18(25)23-19(22)15-7-5-14(6-8-15)11-17(21)20(26)27/h9-16,20-21,26-27H,7-8,17-19H2,1-6H3,(H,31,35);3-10,17H,11-12,21H2,1-2H3,(H,26,27)(H2,22,23,25)/t26-,27-;17-/m00/s1. The Morgan fingerprint density at radius 2 is 1.32 bits per heavy atom. The lowest BCUT2D eigenvalue weighted by Gasteiger charge is -2.30. The molecule has 1 aliphatic rings. The van der Waals surface area contributed by atoms with E-state index in [4.69, 9.17) is 25.7 Å². The number of nitrogens with two attached hydrogens (primary N) is 1. The SMILES string of the molecule is COC(=O)[C@H](Cc1ccc(OCC(=O)N(C(C)C)C(C)C)cc1)NC(=O)[C@@H]1CCCN1S(=O)(=O)c1ccc(C)cc1.Cc1ccc(S(=O)(=O)N(C)CC(=O)NC(=N)c2ccc(C[C@H](N)C(=O)O)cc2)cc1. The normalized spacial score (nSPS) is 14.7. The van der Waals surface area contributed by atoms with E-state index in [0.29, 0.717) is 29.7 Å². The highest BCUT2D eigenvalue weighted by Gasteiger charge is 2.40. The fourth-order valence-electron chi connectivity index (χ4n) is 7.67. The Morgan fingerprint density at radius 1 is 0.803 bits per heavy atom. The molecule has 1 fully saturated rings. The molecule has 0 bridgehead atoms. The van der Waals surface area contributed by atoms with E-state index < -0.39 is 68.5 Å². The largest absolute Gasteiger partial charge is 0.484 e. The molecule has 0 aliphatic carbocycles. The van der Waals surface area contributed by atoms with Gasteiger partial charge in [0.05, 0.1) is 23.4 Å². The van der Waals surface area contributed by atoms with Crippen LogP contribution < -0.4 is 21.1 Å². The van der Waals surface area contributed by atoms with Gasteiger partial charge in [-0.05, 0) is 108 Å². The van der Waals surface area contributed by atoms with Gasteiger partial charge in [-0.1, -0.05) is 71.8 Å². The minimum atomic E-state index is -3.89. The summed E-state index contributed by atoms with van der Waals surface area (Å²) >= 11 is 0. The minimum absolute atomic E-state index is 0.0537. The summed E-state index contributed by atoms with van der Waals surface area (Å²) in [5.41, 5.74) is 9.12. The zero-order chi connectivity index (χ0) is 52.8. The van der Waals surface area contributed by atoms with Gasteiger partial charge in [0.15, 0.2) is 6.61 Å². The van der Waals surface area contributed by atoms with Gasteiger partial charge < -0.3 is 35.8 Å². The zero-order valence-electron chi connectivity index (χ0n) is 41.2. The Kier molecular flexibility index (Phi) is 20.5. The maximum absolute atomic E-state index is 13.3. The highest BCUT2D eigenvalue weighted by molar-refractivity contribution is 7.89. The Bertz CT molecular complexity index is 2710. The van der Waals surface area contributed by atoms with Gasteiger partial charge >= 0.3 is 11.9 Å². The van der Waals surface area contributed by atoms with Crippen LogP contribution in [-0.4, -0.2) is 135 Å². The number of carbonyl (C=O) groups excluding carboxylic acids is 4. The number of hydrogen-bond donors (Lipinski definition) is 5. The molecule has 4 aromatic carbocycles. The molecular formula is C50H65N7O12S2. The summed E-state index contributed by atoms with van der Waals surface area (Å²) in [5.74, 6) is -2.77. The average Bonchev–Trinajstić information content (AvgIpc) is 3.83. The zero-order valence-corrected chi connectivity index (χ0v) is 42.9. The quantitative estimate of drug-likeness (QED) is 0.0480. The summed E-state index contributed by atoms with van der Waals surface area (Å²) in [4.78, 5) is 63.4. The van der Waals surface area contributed by atoms with Crippen molar-refractivity contribution >= 4 is 55.5 Å².